The van der Waals surface area contributed by atoms with Gasteiger partial charge in [0, 0.05) is 67.3 Å². The zero-order valence-corrected chi connectivity index (χ0v) is 45.3. The van der Waals surface area contributed by atoms with Crippen LogP contribution in [0.5, 0.6) is 0 Å². The van der Waals surface area contributed by atoms with Crippen LogP contribution in [0.4, 0.5) is 17.6 Å². The molecule has 0 bridgehead atoms. The van der Waals surface area contributed by atoms with E-state index in [0.717, 1.165) is 29.0 Å². The number of likely N-dealkylation sites (tertiary alicyclic amines) is 1. The first-order valence-electron chi connectivity index (χ1n) is 24.8. The molecule has 4 amide bonds. The Morgan fingerprint density at radius 1 is 0.857 bits per heavy atom. The Morgan fingerprint density at radius 2 is 1.58 bits per heavy atom. The lowest BCUT2D eigenvalue weighted by atomic mass is 9.74. The lowest BCUT2D eigenvalue weighted by Gasteiger charge is -2.40. The number of sulfone groups is 1. The second-order valence-electron chi connectivity index (χ2n) is 19.2. The van der Waals surface area contributed by atoms with E-state index < -0.39 is 32.8 Å². The first kappa shape index (κ1) is 56.5. The molecule has 77 heavy (non-hydrogen) atoms. The van der Waals surface area contributed by atoms with Gasteiger partial charge in [-0.3, -0.25) is 33.4 Å². The normalized spacial score (nSPS) is 14.5. The number of alkyl halides is 3. The van der Waals surface area contributed by atoms with Crippen molar-refractivity contribution in [2.75, 3.05) is 32.4 Å². The number of nitrogens with zero attached hydrogens (tertiary/aromatic N) is 4. The van der Waals surface area contributed by atoms with Crippen molar-refractivity contribution in [3.63, 3.8) is 0 Å². The van der Waals surface area contributed by atoms with Gasteiger partial charge in [-0.2, -0.15) is 13.2 Å². The van der Waals surface area contributed by atoms with Gasteiger partial charge in [-0.1, -0.05) is 97.0 Å². The van der Waals surface area contributed by atoms with Crippen LogP contribution in [0.15, 0.2) is 142 Å². The summed E-state index contributed by atoms with van der Waals surface area (Å²) in [5.41, 5.74) is 3.98. The number of hydrogen-bond donors (Lipinski definition) is 1. The number of nitrogens with one attached hydrogen (secondary N) is 1. The summed E-state index contributed by atoms with van der Waals surface area (Å²) in [6, 6.07) is 32.5. The average molecular weight is 1130 g/mol. The van der Waals surface area contributed by atoms with E-state index in [0.29, 0.717) is 113 Å². The maximum Gasteiger partial charge on any atom is 0.416 e. The number of fused-ring (bicyclic) bond motifs is 2. The maximum atomic E-state index is 13.4. The van der Waals surface area contributed by atoms with Crippen molar-refractivity contribution in [2.45, 2.75) is 85.8 Å². The lowest BCUT2D eigenvalue weighted by molar-refractivity contribution is -0.137. The van der Waals surface area contributed by atoms with Crippen LogP contribution in [0.3, 0.4) is 0 Å². The Balaban J connectivity index is 0.000000204. The monoisotopic (exact) mass is 1130 g/mol. The van der Waals surface area contributed by atoms with Crippen molar-refractivity contribution < 1.29 is 45.2 Å². The summed E-state index contributed by atoms with van der Waals surface area (Å²) in [6.07, 6.45) is -0.334. The van der Waals surface area contributed by atoms with Crippen LogP contribution in [0, 0.1) is 5.82 Å². The molecule has 1 fully saturated rings. The number of aromatic nitrogens is 2. The van der Waals surface area contributed by atoms with Gasteiger partial charge in [0.1, 0.15) is 10.5 Å². The molecule has 9 rings (SSSR count). The Hall–Kier alpha value is -6.67. The third kappa shape index (κ3) is 14.1. The Kier molecular flexibility index (Phi) is 17.9. The van der Waals surface area contributed by atoms with Crippen LogP contribution < -0.4 is 10.9 Å². The summed E-state index contributed by atoms with van der Waals surface area (Å²) in [5, 5.41) is 5.51. The third-order valence-corrected chi connectivity index (χ3v) is 17.2. The molecule has 1 saturated heterocycles. The van der Waals surface area contributed by atoms with Gasteiger partial charge < -0.3 is 10.2 Å². The second kappa shape index (κ2) is 24.3. The van der Waals surface area contributed by atoms with E-state index >= 15 is 0 Å². The minimum Gasteiger partial charge on any atom is -0.356 e. The van der Waals surface area contributed by atoms with Gasteiger partial charge in [-0.15, -0.1) is 11.3 Å². The number of halogens is 5. The molecule has 1 N–H and O–H groups in total. The van der Waals surface area contributed by atoms with Gasteiger partial charge >= 0.3 is 6.18 Å². The molecule has 0 radical (unpaired) electrons. The number of thioether (sulfide) groups is 1. The fraction of sp³-hybridized carbons (Fsp3) is 0.298. The molecule has 0 unspecified atom stereocenters. The first-order chi connectivity index (χ1) is 36.7. The van der Waals surface area contributed by atoms with Crippen molar-refractivity contribution in [2.24, 2.45) is 0 Å². The summed E-state index contributed by atoms with van der Waals surface area (Å²) in [6.45, 7) is 3.75. The molecule has 402 valence electrons. The fourth-order valence-electron chi connectivity index (χ4n) is 9.20. The first-order valence-corrected chi connectivity index (χ1v) is 28.9. The third-order valence-electron chi connectivity index (χ3n) is 13.8. The summed E-state index contributed by atoms with van der Waals surface area (Å²) in [5.74, 6) is -0.999. The summed E-state index contributed by atoms with van der Waals surface area (Å²) >= 11 is 8.82. The van der Waals surface area contributed by atoms with Crippen LogP contribution >= 0.6 is 34.7 Å². The lowest BCUT2D eigenvalue weighted by Crippen LogP contribution is -2.44. The molecule has 7 aromatic rings. The molecule has 0 atom stereocenters. The molecule has 0 aliphatic carbocycles. The highest BCUT2D eigenvalue weighted by molar-refractivity contribution is 7.98. The van der Waals surface area contributed by atoms with E-state index in [2.05, 4.69) is 10.3 Å². The number of piperidine rings is 1. The summed E-state index contributed by atoms with van der Waals surface area (Å²) in [4.78, 5) is 72.5. The Bertz CT molecular complexity index is 3490. The molecular weight excluding hydrogens is 1070 g/mol. The van der Waals surface area contributed by atoms with Crippen molar-refractivity contribution >= 4 is 78.4 Å². The number of carbonyl (C=O) groups excluding carboxylic acids is 4. The topological polar surface area (TPSA) is 156 Å². The van der Waals surface area contributed by atoms with Crippen LogP contribution in [0.2, 0.25) is 5.02 Å². The van der Waals surface area contributed by atoms with E-state index in [1.165, 1.54) is 52.3 Å². The minimum absolute atomic E-state index is 0.0462. The zero-order chi connectivity index (χ0) is 55.1. The van der Waals surface area contributed by atoms with Crippen LogP contribution in [-0.2, 0) is 62.6 Å². The highest BCUT2D eigenvalue weighted by Crippen LogP contribution is 2.39. The maximum absolute atomic E-state index is 13.4. The molecule has 0 spiro atoms. The van der Waals surface area contributed by atoms with E-state index in [-0.39, 0.29) is 46.9 Å². The Labute approximate surface area is 456 Å². The van der Waals surface area contributed by atoms with Crippen LogP contribution in [-0.4, -0.2) is 83.8 Å². The van der Waals surface area contributed by atoms with Gasteiger partial charge in [0.2, 0.25) is 11.8 Å². The molecule has 5 aromatic carbocycles. The Morgan fingerprint density at radius 3 is 2.29 bits per heavy atom. The van der Waals surface area contributed by atoms with Crippen LogP contribution in [0.1, 0.15) is 86.7 Å². The van der Waals surface area contributed by atoms with Crippen LogP contribution in [0.25, 0.3) is 10.2 Å². The standard InChI is InChI=1S/C31H29F3N2O3.C26H25ClFN3O4S3/c1-30(24-8-5-9-25(20-24)31(32,33)34)13-16-35(17-14-30)28(38)22-10-11-26-23(18-22)19-27(37)36(29(26)39)15-12-21-6-3-2-4-7-21;1-38(34,35)20-8-4-17(5-9-20)10-12-29-23(32)3-2-13-31-25(33)24-22(11-14-36-24)30-26(31)37-16-18-6-7-19(28)15-21(18)27/h2-11,18,20H,12-17,19H2,1H3;4-9,11,14-15H,2-3,10,12-13,16H2,1H3,(H,29,32). The molecule has 20 heteroatoms. The number of imide groups is 1. The van der Waals surface area contributed by atoms with E-state index in [1.807, 2.05) is 42.6 Å². The van der Waals surface area contributed by atoms with E-state index in [1.54, 1.807) is 70.1 Å². The number of rotatable bonds is 16. The molecule has 2 aromatic heterocycles. The summed E-state index contributed by atoms with van der Waals surface area (Å²) in [7, 11) is -3.24. The number of benzene rings is 5. The van der Waals surface area contributed by atoms with Gasteiger partial charge in [0.25, 0.3) is 17.4 Å². The predicted octanol–water partition coefficient (Wildman–Crippen LogP) is 10.8. The number of carbonyl (C=O) groups is 4. The summed E-state index contributed by atoms with van der Waals surface area (Å²) < 4.78 is 78.3. The molecule has 4 heterocycles. The number of hydrogen-bond acceptors (Lipinski definition) is 10. The number of thiophene rings is 1. The molecule has 0 saturated carbocycles. The highest BCUT2D eigenvalue weighted by Gasteiger charge is 2.37. The van der Waals surface area contributed by atoms with Gasteiger partial charge in [-0.05, 0) is 125 Å². The van der Waals surface area contributed by atoms with E-state index in [4.69, 9.17) is 11.6 Å². The molecular formula is C57H54ClF4N5O7S3. The largest absolute Gasteiger partial charge is 0.416 e. The fourth-order valence-corrected chi connectivity index (χ4v) is 12.0. The molecule has 2 aliphatic heterocycles. The number of amides is 4. The predicted molar refractivity (Wildman–Crippen MR) is 291 cm³/mol. The average Bonchev–Trinajstić information content (AvgIpc) is 3.89. The van der Waals surface area contributed by atoms with Crippen molar-refractivity contribution in [1.29, 1.82) is 0 Å². The zero-order valence-electron chi connectivity index (χ0n) is 42.1. The minimum atomic E-state index is -4.41. The second-order valence-corrected chi connectivity index (χ2v) is 23.5. The molecule has 2 aliphatic rings. The smallest absolute Gasteiger partial charge is 0.356 e. The van der Waals surface area contributed by atoms with Gasteiger partial charge in [0.05, 0.1) is 22.4 Å². The highest BCUT2D eigenvalue weighted by atomic mass is 35.5. The van der Waals surface area contributed by atoms with Crippen molar-refractivity contribution in [1.82, 2.24) is 24.7 Å². The van der Waals surface area contributed by atoms with Gasteiger partial charge in [-0.25, -0.2) is 17.8 Å². The van der Waals surface area contributed by atoms with Crippen molar-refractivity contribution in [3.8, 4) is 0 Å². The van der Waals surface area contributed by atoms with Gasteiger partial charge in [0.15, 0.2) is 15.0 Å². The molecule has 12 nitrogen and oxygen atoms in total. The SMILES string of the molecule is CC1(c2cccc(C(F)(F)F)c2)CCN(C(=O)c2ccc3c(c2)CC(=O)N(CCc2ccccc2)C3=O)CC1.CS(=O)(=O)c1ccc(CCNC(=O)CCCn2c(SCc3ccc(F)cc3Cl)nc3ccsc3c2=O)cc1. The van der Waals surface area contributed by atoms with Crippen molar-refractivity contribution in [3.05, 3.63) is 192 Å². The van der Waals surface area contributed by atoms with E-state index in [9.17, 15) is 50.0 Å². The quantitative estimate of drug-likeness (QED) is 0.0431.